The van der Waals surface area contributed by atoms with Gasteiger partial charge in [-0.3, -0.25) is 0 Å². The highest BCUT2D eigenvalue weighted by molar-refractivity contribution is 5.95. The van der Waals surface area contributed by atoms with Gasteiger partial charge in [-0.25, -0.2) is 4.79 Å². The average molecular weight is 309 g/mol. The molecule has 0 amide bonds. The van der Waals surface area contributed by atoms with E-state index in [9.17, 15) is 14.7 Å². The number of carboxylic acids is 1. The second kappa shape index (κ2) is 6.65. The molecule has 0 radical (unpaired) electrons. The third kappa shape index (κ3) is 2.85. The zero-order valence-electron chi connectivity index (χ0n) is 12.8. The Morgan fingerprint density at radius 3 is 2.64 bits per heavy atom. The number of hydrogen-bond donors (Lipinski definition) is 1. The summed E-state index contributed by atoms with van der Waals surface area (Å²) in [6, 6.07) is 1.13. The molecule has 0 bridgehead atoms. The Labute approximate surface area is 128 Å². The summed E-state index contributed by atoms with van der Waals surface area (Å²) in [7, 11) is 2.87. The predicted molar refractivity (Wildman–Crippen MR) is 77.7 cm³/mol. The molecule has 1 aromatic carbocycles. The van der Waals surface area contributed by atoms with Gasteiger partial charge in [-0.15, -0.1) is 5.06 Å². The molecule has 1 heterocycles. The first-order valence-electron chi connectivity index (χ1n) is 6.92. The number of ether oxygens (including phenoxy) is 2. The molecule has 1 aliphatic heterocycles. The monoisotopic (exact) mass is 309 g/mol. The molecule has 22 heavy (non-hydrogen) atoms. The molecule has 1 unspecified atom stereocenters. The van der Waals surface area contributed by atoms with Crippen LogP contribution < -0.4 is 14.3 Å². The van der Waals surface area contributed by atoms with Crippen LogP contribution in [0.2, 0.25) is 0 Å². The molecule has 1 N–H and O–H groups in total. The molecule has 1 aliphatic rings. The molecule has 1 fully saturated rings. The first kappa shape index (κ1) is 16.1. The van der Waals surface area contributed by atoms with Crippen LogP contribution in [-0.2, 0) is 4.79 Å². The van der Waals surface area contributed by atoms with Crippen molar-refractivity contribution in [2.24, 2.45) is 0 Å². The molecule has 1 atom stereocenters. The fraction of sp³-hybridized carbons (Fsp3) is 0.467. The Hall–Kier alpha value is -2.28. The Bertz CT molecular complexity index is 586. The number of carbonyl (C=O) groups is 2. The van der Waals surface area contributed by atoms with E-state index in [1.54, 1.807) is 6.92 Å². The summed E-state index contributed by atoms with van der Waals surface area (Å²) in [4.78, 5) is 28.3. The third-order valence-corrected chi connectivity index (χ3v) is 3.70. The first-order valence-corrected chi connectivity index (χ1v) is 6.92. The first-order chi connectivity index (χ1) is 10.5. The molecule has 7 nitrogen and oxygen atoms in total. The fourth-order valence-electron chi connectivity index (χ4n) is 2.59. The average Bonchev–Trinajstić information content (AvgIpc) is 2.94. The summed E-state index contributed by atoms with van der Waals surface area (Å²) in [5.74, 6) is -0.428. The Morgan fingerprint density at radius 2 is 2.09 bits per heavy atom. The van der Waals surface area contributed by atoms with Crippen LogP contribution in [0, 0.1) is 6.92 Å². The summed E-state index contributed by atoms with van der Waals surface area (Å²) in [5.41, 5.74) is 0.487. The largest absolute Gasteiger partial charge is 0.496 e. The van der Waals surface area contributed by atoms with E-state index >= 15 is 0 Å². The Balaban J connectivity index is 2.48. The van der Waals surface area contributed by atoms with Gasteiger partial charge in [0.05, 0.1) is 14.2 Å². The zero-order valence-corrected chi connectivity index (χ0v) is 12.8. The van der Waals surface area contributed by atoms with Gasteiger partial charge in [0.25, 0.3) is 0 Å². The predicted octanol–water partition coefficient (Wildman–Crippen LogP) is 1.67. The van der Waals surface area contributed by atoms with Crippen molar-refractivity contribution in [1.29, 1.82) is 0 Å². The van der Waals surface area contributed by atoms with E-state index in [0.717, 1.165) is 12.7 Å². The SMILES string of the molecule is COc1cc(ON2CCCC2C=O)c(C(=O)O)c(OC)c1C. The van der Waals surface area contributed by atoms with Crippen LogP contribution in [0.4, 0.5) is 0 Å². The van der Waals surface area contributed by atoms with Crippen molar-refractivity contribution in [3.63, 3.8) is 0 Å². The lowest BCUT2D eigenvalue weighted by atomic mass is 10.1. The Morgan fingerprint density at radius 1 is 1.36 bits per heavy atom. The van der Waals surface area contributed by atoms with Crippen molar-refractivity contribution in [2.45, 2.75) is 25.8 Å². The number of carbonyl (C=O) groups excluding carboxylic acids is 1. The number of rotatable bonds is 6. The van der Waals surface area contributed by atoms with E-state index in [0.29, 0.717) is 24.3 Å². The van der Waals surface area contributed by atoms with E-state index in [-0.39, 0.29) is 23.1 Å². The minimum Gasteiger partial charge on any atom is -0.496 e. The highest BCUT2D eigenvalue weighted by atomic mass is 16.7. The number of hydroxylamine groups is 2. The summed E-state index contributed by atoms with van der Waals surface area (Å²) >= 11 is 0. The highest BCUT2D eigenvalue weighted by Gasteiger charge is 2.30. The van der Waals surface area contributed by atoms with Crippen LogP contribution in [0.5, 0.6) is 17.2 Å². The minimum absolute atomic E-state index is 0.0858. The summed E-state index contributed by atoms with van der Waals surface area (Å²) < 4.78 is 10.4. The van der Waals surface area contributed by atoms with E-state index in [2.05, 4.69) is 0 Å². The van der Waals surface area contributed by atoms with E-state index < -0.39 is 5.97 Å². The number of hydrogen-bond acceptors (Lipinski definition) is 6. The van der Waals surface area contributed by atoms with Crippen molar-refractivity contribution in [3.05, 3.63) is 17.2 Å². The number of nitrogens with zero attached hydrogens (tertiary/aromatic N) is 1. The molecule has 120 valence electrons. The molecule has 0 aromatic heterocycles. The van der Waals surface area contributed by atoms with Gasteiger partial charge in [-0.1, -0.05) is 0 Å². The van der Waals surface area contributed by atoms with Gasteiger partial charge in [0.1, 0.15) is 29.4 Å². The minimum atomic E-state index is -1.17. The van der Waals surface area contributed by atoms with E-state index in [1.165, 1.54) is 25.3 Å². The third-order valence-electron chi connectivity index (χ3n) is 3.70. The van der Waals surface area contributed by atoms with Crippen LogP contribution in [0.15, 0.2) is 6.07 Å². The maximum Gasteiger partial charge on any atom is 0.343 e. The van der Waals surface area contributed by atoms with Gasteiger partial charge >= 0.3 is 5.97 Å². The van der Waals surface area contributed by atoms with Gasteiger partial charge in [0, 0.05) is 18.2 Å². The second-order valence-corrected chi connectivity index (χ2v) is 4.99. The zero-order chi connectivity index (χ0) is 16.3. The second-order valence-electron chi connectivity index (χ2n) is 4.99. The molecule has 0 spiro atoms. The van der Waals surface area contributed by atoms with Gasteiger partial charge in [-0.2, -0.15) is 0 Å². The quantitative estimate of drug-likeness (QED) is 0.800. The van der Waals surface area contributed by atoms with Crippen molar-refractivity contribution in [3.8, 4) is 17.2 Å². The highest BCUT2D eigenvalue weighted by Crippen LogP contribution is 2.39. The van der Waals surface area contributed by atoms with Crippen molar-refractivity contribution in [2.75, 3.05) is 20.8 Å². The van der Waals surface area contributed by atoms with Crippen molar-refractivity contribution < 1.29 is 29.0 Å². The molecule has 0 saturated carbocycles. The lowest BCUT2D eigenvalue weighted by molar-refractivity contribution is -0.124. The van der Waals surface area contributed by atoms with E-state index in [1.807, 2.05) is 0 Å². The topological polar surface area (TPSA) is 85.3 Å². The van der Waals surface area contributed by atoms with Crippen LogP contribution >= 0.6 is 0 Å². The normalized spacial score (nSPS) is 18.0. The summed E-state index contributed by atoms with van der Waals surface area (Å²) in [6.45, 7) is 2.26. The number of carboxylic acid groups (broad SMARTS) is 1. The van der Waals surface area contributed by atoms with Crippen molar-refractivity contribution in [1.82, 2.24) is 5.06 Å². The maximum absolute atomic E-state index is 11.6. The maximum atomic E-state index is 11.6. The smallest absolute Gasteiger partial charge is 0.343 e. The number of aromatic carboxylic acids is 1. The molecular formula is C15H19NO6. The van der Waals surface area contributed by atoms with Crippen LogP contribution in [0.3, 0.4) is 0 Å². The lowest BCUT2D eigenvalue weighted by Gasteiger charge is -2.23. The van der Waals surface area contributed by atoms with Crippen LogP contribution in [0.1, 0.15) is 28.8 Å². The Kier molecular flexibility index (Phi) is 4.87. The molecule has 2 rings (SSSR count). The van der Waals surface area contributed by atoms with E-state index in [4.69, 9.17) is 14.3 Å². The molecule has 0 aliphatic carbocycles. The number of aldehydes is 1. The number of benzene rings is 1. The molecule has 1 saturated heterocycles. The standard InChI is InChI=1S/C15H19NO6/c1-9-11(20-2)7-12(13(15(18)19)14(9)21-3)22-16-6-4-5-10(16)8-17/h7-8,10H,4-6H2,1-3H3,(H,18,19). The van der Waals surface area contributed by atoms with Crippen LogP contribution in [0.25, 0.3) is 0 Å². The van der Waals surface area contributed by atoms with Gasteiger partial charge in [-0.05, 0) is 19.8 Å². The van der Waals surface area contributed by atoms with Crippen molar-refractivity contribution >= 4 is 12.3 Å². The van der Waals surface area contributed by atoms with Gasteiger partial charge in [0.15, 0.2) is 5.75 Å². The summed E-state index contributed by atoms with van der Waals surface area (Å²) in [6.07, 6.45) is 2.30. The van der Waals surface area contributed by atoms with Gasteiger partial charge in [0.2, 0.25) is 0 Å². The summed E-state index contributed by atoms with van der Waals surface area (Å²) in [5, 5.41) is 11.0. The number of methoxy groups -OCH3 is 2. The molecule has 1 aromatic rings. The fourth-order valence-corrected chi connectivity index (χ4v) is 2.59. The van der Waals surface area contributed by atoms with Gasteiger partial charge < -0.3 is 24.2 Å². The van der Waals surface area contributed by atoms with Crippen LogP contribution in [-0.4, -0.2) is 49.2 Å². The lowest BCUT2D eigenvalue weighted by Crippen LogP contribution is -2.34. The molecule has 7 heteroatoms. The molecular weight excluding hydrogens is 290 g/mol.